The van der Waals surface area contributed by atoms with Crippen LogP contribution in [-0.4, -0.2) is 43.0 Å². The molecule has 0 saturated carbocycles. The lowest BCUT2D eigenvalue weighted by Gasteiger charge is -2.10. The molecule has 0 unspecified atom stereocenters. The minimum atomic E-state index is -0.0612. The van der Waals surface area contributed by atoms with Crippen LogP contribution in [0.25, 0.3) is 0 Å². The van der Waals surface area contributed by atoms with Crippen LogP contribution in [0.5, 0.6) is 0 Å². The van der Waals surface area contributed by atoms with E-state index in [-0.39, 0.29) is 5.91 Å². The van der Waals surface area contributed by atoms with Gasteiger partial charge in [-0.3, -0.25) is 4.79 Å². The largest absolute Gasteiger partial charge is 0.366 e. The Labute approximate surface area is 137 Å². The van der Waals surface area contributed by atoms with Crippen LogP contribution in [0.3, 0.4) is 0 Å². The first-order chi connectivity index (χ1) is 11.1. The zero-order chi connectivity index (χ0) is 16.5. The quantitative estimate of drug-likeness (QED) is 0.735. The molecule has 2 aromatic rings. The van der Waals surface area contributed by atoms with Crippen molar-refractivity contribution in [3.05, 3.63) is 59.8 Å². The number of nitrogens with one attached hydrogen (secondary N) is 2. The highest BCUT2D eigenvalue weighted by molar-refractivity contribution is 5.94. The van der Waals surface area contributed by atoms with Crippen LogP contribution in [0.1, 0.15) is 22.3 Å². The molecular formula is C18H24N4O. The summed E-state index contributed by atoms with van der Waals surface area (Å²) in [7, 11) is 4.05. The van der Waals surface area contributed by atoms with Gasteiger partial charge in [0, 0.05) is 24.8 Å². The van der Waals surface area contributed by atoms with Gasteiger partial charge < -0.3 is 15.5 Å². The zero-order valence-electron chi connectivity index (χ0n) is 13.7. The SMILES string of the molecule is CN(C)CCCNC(=O)c1ccnc(NCc2ccccc2)c1. The lowest BCUT2D eigenvalue weighted by Crippen LogP contribution is -2.27. The molecule has 0 saturated heterocycles. The molecule has 122 valence electrons. The Morgan fingerprint density at radius 2 is 1.96 bits per heavy atom. The number of hydrogen-bond acceptors (Lipinski definition) is 4. The van der Waals surface area contributed by atoms with Crippen molar-refractivity contribution in [3.8, 4) is 0 Å². The van der Waals surface area contributed by atoms with Gasteiger partial charge in [0.15, 0.2) is 0 Å². The Kier molecular flexibility index (Phi) is 6.56. The van der Waals surface area contributed by atoms with Gasteiger partial charge in [-0.15, -0.1) is 0 Å². The van der Waals surface area contributed by atoms with E-state index in [4.69, 9.17) is 0 Å². The van der Waals surface area contributed by atoms with Crippen LogP contribution in [0, 0.1) is 0 Å². The van der Waals surface area contributed by atoms with Gasteiger partial charge in [0.25, 0.3) is 5.91 Å². The van der Waals surface area contributed by atoms with Gasteiger partial charge in [-0.25, -0.2) is 4.98 Å². The summed E-state index contributed by atoms with van der Waals surface area (Å²) in [5.74, 6) is 0.642. The average molecular weight is 312 g/mol. The van der Waals surface area contributed by atoms with E-state index in [1.807, 2.05) is 44.4 Å². The molecule has 0 spiro atoms. The van der Waals surface area contributed by atoms with E-state index in [1.54, 1.807) is 18.3 Å². The number of carbonyl (C=O) groups excluding carboxylic acids is 1. The maximum absolute atomic E-state index is 12.1. The van der Waals surface area contributed by atoms with Crippen molar-refractivity contribution in [2.24, 2.45) is 0 Å². The monoisotopic (exact) mass is 312 g/mol. The van der Waals surface area contributed by atoms with E-state index in [9.17, 15) is 4.79 Å². The summed E-state index contributed by atoms with van der Waals surface area (Å²) < 4.78 is 0. The smallest absolute Gasteiger partial charge is 0.251 e. The van der Waals surface area contributed by atoms with E-state index in [1.165, 1.54) is 5.56 Å². The molecule has 0 aliphatic heterocycles. The summed E-state index contributed by atoms with van der Waals surface area (Å²) >= 11 is 0. The molecule has 1 aromatic carbocycles. The molecule has 1 aromatic heterocycles. The Morgan fingerprint density at radius 3 is 2.70 bits per heavy atom. The third-order valence-corrected chi connectivity index (χ3v) is 3.41. The van der Waals surface area contributed by atoms with Crippen molar-refractivity contribution in [3.63, 3.8) is 0 Å². The van der Waals surface area contributed by atoms with Crippen LogP contribution in [0.4, 0.5) is 5.82 Å². The van der Waals surface area contributed by atoms with E-state index in [2.05, 4.69) is 20.5 Å². The number of rotatable bonds is 8. The Bertz CT molecular complexity index is 613. The van der Waals surface area contributed by atoms with Crippen LogP contribution >= 0.6 is 0 Å². The predicted octanol–water partition coefficient (Wildman–Crippen LogP) is 2.38. The van der Waals surface area contributed by atoms with Crippen molar-refractivity contribution in [2.45, 2.75) is 13.0 Å². The van der Waals surface area contributed by atoms with Crippen LogP contribution in [0.2, 0.25) is 0 Å². The van der Waals surface area contributed by atoms with Crippen LogP contribution < -0.4 is 10.6 Å². The molecule has 5 nitrogen and oxygen atoms in total. The summed E-state index contributed by atoms with van der Waals surface area (Å²) in [6, 6.07) is 13.6. The first-order valence-electron chi connectivity index (χ1n) is 7.82. The van der Waals surface area contributed by atoms with Crippen molar-refractivity contribution in [1.29, 1.82) is 0 Å². The zero-order valence-corrected chi connectivity index (χ0v) is 13.7. The Balaban J connectivity index is 1.85. The molecule has 0 radical (unpaired) electrons. The number of hydrogen-bond donors (Lipinski definition) is 2. The number of carbonyl (C=O) groups is 1. The lowest BCUT2D eigenvalue weighted by molar-refractivity contribution is 0.0952. The van der Waals surface area contributed by atoms with E-state index < -0.39 is 0 Å². The van der Waals surface area contributed by atoms with Crippen LogP contribution in [0.15, 0.2) is 48.7 Å². The van der Waals surface area contributed by atoms with Crippen molar-refractivity contribution < 1.29 is 4.79 Å². The van der Waals surface area contributed by atoms with E-state index >= 15 is 0 Å². The highest BCUT2D eigenvalue weighted by Gasteiger charge is 2.06. The van der Waals surface area contributed by atoms with Gasteiger partial charge in [-0.1, -0.05) is 30.3 Å². The van der Waals surface area contributed by atoms with E-state index in [0.717, 1.165) is 13.0 Å². The lowest BCUT2D eigenvalue weighted by atomic mass is 10.2. The number of aromatic nitrogens is 1. The van der Waals surface area contributed by atoms with Crippen LogP contribution in [-0.2, 0) is 6.54 Å². The fourth-order valence-electron chi connectivity index (χ4n) is 2.16. The topological polar surface area (TPSA) is 57.3 Å². The molecule has 0 atom stereocenters. The van der Waals surface area contributed by atoms with Gasteiger partial charge in [0.05, 0.1) is 0 Å². The summed E-state index contributed by atoms with van der Waals surface area (Å²) in [5, 5.41) is 6.17. The van der Waals surface area contributed by atoms with E-state index in [0.29, 0.717) is 24.5 Å². The molecule has 5 heteroatoms. The average Bonchev–Trinajstić information content (AvgIpc) is 2.58. The predicted molar refractivity (Wildman–Crippen MR) is 93.5 cm³/mol. The molecule has 1 heterocycles. The first-order valence-corrected chi connectivity index (χ1v) is 7.82. The fourth-order valence-corrected chi connectivity index (χ4v) is 2.16. The number of anilines is 1. The molecular weight excluding hydrogens is 288 g/mol. The molecule has 2 N–H and O–H groups in total. The third-order valence-electron chi connectivity index (χ3n) is 3.41. The second-order valence-corrected chi connectivity index (χ2v) is 5.68. The molecule has 1 amide bonds. The fraction of sp³-hybridized carbons (Fsp3) is 0.333. The number of nitrogens with zero attached hydrogens (tertiary/aromatic N) is 2. The second-order valence-electron chi connectivity index (χ2n) is 5.68. The highest BCUT2D eigenvalue weighted by atomic mass is 16.1. The number of benzene rings is 1. The van der Waals surface area contributed by atoms with Gasteiger partial charge in [-0.05, 0) is 44.8 Å². The molecule has 0 aliphatic rings. The van der Waals surface area contributed by atoms with Crippen molar-refractivity contribution in [1.82, 2.24) is 15.2 Å². The number of amides is 1. The second kappa shape index (κ2) is 8.90. The summed E-state index contributed by atoms with van der Waals surface area (Å²) in [6.45, 7) is 2.31. The molecule has 23 heavy (non-hydrogen) atoms. The minimum absolute atomic E-state index is 0.0612. The molecule has 0 bridgehead atoms. The Hall–Kier alpha value is -2.40. The molecule has 0 fully saturated rings. The summed E-state index contributed by atoms with van der Waals surface area (Å²) in [5.41, 5.74) is 1.80. The van der Waals surface area contributed by atoms with Gasteiger partial charge in [-0.2, -0.15) is 0 Å². The Morgan fingerprint density at radius 1 is 1.17 bits per heavy atom. The van der Waals surface area contributed by atoms with Crippen molar-refractivity contribution >= 4 is 11.7 Å². The normalized spacial score (nSPS) is 10.6. The highest BCUT2D eigenvalue weighted by Crippen LogP contribution is 2.09. The van der Waals surface area contributed by atoms with Crippen molar-refractivity contribution in [2.75, 3.05) is 32.5 Å². The molecule has 0 aliphatic carbocycles. The maximum Gasteiger partial charge on any atom is 0.251 e. The first kappa shape index (κ1) is 17.0. The van der Waals surface area contributed by atoms with Gasteiger partial charge >= 0.3 is 0 Å². The third kappa shape index (κ3) is 6.08. The number of pyridine rings is 1. The standard InChI is InChI=1S/C18H24N4O/c1-22(2)12-6-10-20-18(23)16-9-11-19-17(13-16)21-14-15-7-4-3-5-8-15/h3-5,7-9,11,13H,6,10,12,14H2,1-2H3,(H,19,21)(H,20,23). The summed E-state index contributed by atoms with van der Waals surface area (Å²) in [6.07, 6.45) is 2.59. The summed E-state index contributed by atoms with van der Waals surface area (Å²) in [4.78, 5) is 18.5. The van der Waals surface area contributed by atoms with Gasteiger partial charge in [0.2, 0.25) is 0 Å². The maximum atomic E-state index is 12.1. The molecule has 2 rings (SSSR count). The van der Waals surface area contributed by atoms with Gasteiger partial charge in [0.1, 0.15) is 5.82 Å². The minimum Gasteiger partial charge on any atom is -0.366 e.